The number of carbonyl (C=O) groups excluding carboxylic acids is 1. The van der Waals surface area contributed by atoms with Gasteiger partial charge in [-0.15, -0.1) is 0 Å². The van der Waals surface area contributed by atoms with Crippen LogP contribution in [0.1, 0.15) is 30.8 Å². The third kappa shape index (κ3) is 4.62. The first-order valence-electron chi connectivity index (χ1n) is 6.49. The average Bonchev–Trinajstić information content (AvgIpc) is 2.79. The highest BCUT2D eigenvalue weighted by atomic mass is 32.2. The summed E-state index contributed by atoms with van der Waals surface area (Å²) in [6, 6.07) is 1.29. The number of sulfonamides is 1. The maximum absolute atomic E-state index is 12.0. The molecule has 8 heteroatoms. The van der Waals surface area contributed by atoms with Gasteiger partial charge in [0.05, 0.1) is 6.61 Å². The van der Waals surface area contributed by atoms with Crippen LogP contribution in [-0.4, -0.2) is 38.7 Å². The first-order valence-corrected chi connectivity index (χ1v) is 8.03. The van der Waals surface area contributed by atoms with Crippen LogP contribution in [-0.2, 0) is 21.3 Å². The van der Waals surface area contributed by atoms with Crippen LogP contribution in [0, 0.1) is 0 Å². The molecule has 3 N–H and O–H groups in total. The van der Waals surface area contributed by atoms with Crippen molar-refractivity contribution in [3.05, 3.63) is 18.0 Å². The van der Waals surface area contributed by atoms with Crippen LogP contribution >= 0.6 is 0 Å². The molecule has 0 aliphatic carbocycles. The molecule has 20 heavy (non-hydrogen) atoms. The lowest BCUT2D eigenvalue weighted by Gasteiger charge is -2.08. The van der Waals surface area contributed by atoms with Crippen molar-refractivity contribution in [3.63, 3.8) is 0 Å². The molecule has 0 radical (unpaired) electrons. The molecule has 0 aliphatic heterocycles. The Labute approximate surface area is 119 Å². The van der Waals surface area contributed by atoms with Crippen molar-refractivity contribution in [1.82, 2.24) is 9.88 Å². The number of aryl methyl sites for hydroxylation is 1. The van der Waals surface area contributed by atoms with Crippen molar-refractivity contribution in [3.8, 4) is 0 Å². The standard InChI is InChI=1S/C12H21N3O4S/c1-3-6-15-9-10(20(13,17)18)8-11(15)12(16)14-5-7-19-4-2/h8-9H,3-7H2,1-2H3,(H,14,16)(H2,13,17,18). The van der Waals surface area contributed by atoms with E-state index >= 15 is 0 Å². The SMILES string of the molecule is CCCn1cc(S(N)(=O)=O)cc1C(=O)NCCOCC. The van der Waals surface area contributed by atoms with Gasteiger partial charge in [-0.1, -0.05) is 6.92 Å². The van der Waals surface area contributed by atoms with E-state index in [4.69, 9.17) is 9.88 Å². The molecule has 0 saturated carbocycles. The van der Waals surface area contributed by atoms with Crippen LogP contribution < -0.4 is 10.5 Å². The Kier molecular flexibility index (Phi) is 6.18. The Morgan fingerprint density at radius 2 is 2.15 bits per heavy atom. The number of amides is 1. The van der Waals surface area contributed by atoms with Crippen LogP contribution in [0.5, 0.6) is 0 Å². The van der Waals surface area contributed by atoms with Gasteiger partial charge in [-0.2, -0.15) is 0 Å². The molecule has 0 bridgehead atoms. The molecule has 0 atom stereocenters. The van der Waals surface area contributed by atoms with Crippen molar-refractivity contribution in [2.75, 3.05) is 19.8 Å². The first-order chi connectivity index (χ1) is 9.40. The zero-order valence-corrected chi connectivity index (χ0v) is 12.6. The lowest BCUT2D eigenvalue weighted by Crippen LogP contribution is -2.29. The van der Waals surface area contributed by atoms with E-state index in [0.717, 1.165) is 6.42 Å². The zero-order valence-electron chi connectivity index (χ0n) is 11.8. The van der Waals surface area contributed by atoms with Gasteiger partial charge in [-0.25, -0.2) is 13.6 Å². The van der Waals surface area contributed by atoms with Gasteiger partial charge in [-0.3, -0.25) is 4.79 Å². The van der Waals surface area contributed by atoms with Crippen LogP contribution in [0.25, 0.3) is 0 Å². The summed E-state index contributed by atoms with van der Waals surface area (Å²) in [6.45, 7) is 5.72. The second-order valence-corrected chi connectivity index (χ2v) is 5.81. The Hall–Kier alpha value is -1.38. The summed E-state index contributed by atoms with van der Waals surface area (Å²) in [4.78, 5) is 12.0. The molecule has 1 rings (SSSR count). The Balaban J connectivity index is 2.86. The first kappa shape index (κ1) is 16.7. The number of aromatic nitrogens is 1. The Bertz CT molecular complexity index is 551. The second-order valence-electron chi connectivity index (χ2n) is 4.25. The minimum Gasteiger partial charge on any atom is -0.380 e. The fourth-order valence-corrected chi connectivity index (χ4v) is 2.28. The van der Waals surface area contributed by atoms with E-state index in [1.165, 1.54) is 12.3 Å². The summed E-state index contributed by atoms with van der Waals surface area (Å²) in [7, 11) is -3.81. The van der Waals surface area contributed by atoms with Gasteiger partial charge in [0.25, 0.3) is 5.91 Å². The molecule has 1 amide bonds. The summed E-state index contributed by atoms with van der Waals surface area (Å²) in [5, 5.41) is 7.76. The normalized spacial score (nSPS) is 11.6. The molecule has 1 aromatic rings. The number of hydrogen-bond acceptors (Lipinski definition) is 4. The summed E-state index contributed by atoms with van der Waals surface area (Å²) in [5.74, 6) is -0.340. The molecule has 0 saturated heterocycles. The van der Waals surface area contributed by atoms with Gasteiger partial charge >= 0.3 is 0 Å². The molecule has 1 heterocycles. The van der Waals surface area contributed by atoms with Gasteiger partial charge in [0.1, 0.15) is 10.6 Å². The van der Waals surface area contributed by atoms with Crippen molar-refractivity contribution < 1.29 is 17.9 Å². The van der Waals surface area contributed by atoms with E-state index in [2.05, 4.69) is 5.32 Å². The molecule has 0 spiro atoms. The smallest absolute Gasteiger partial charge is 0.268 e. The lowest BCUT2D eigenvalue weighted by molar-refractivity contribution is 0.0913. The van der Waals surface area contributed by atoms with E-state index in [-0.39, 0.29) is 16.5 Å². The van der Waals surface area contributed by atoms with Gasteiger partial charge < -0.3 is 14.6 Å². The number of carbonyl (C=O) groups is 1. The summed E-state index contributed by atoms with van der Waals surface area (Å²) in [6.07, 6.45) is 2.16. The predicted molar refractivity (Wildman–Crippen MR) is 74.9 cm³/mol. The van der Waals surface area contributed by atoms with E-state index in [0.29, 0.717) is 26.3 Å². The van der Waals surface area contributed by atoms with Gasteiger partial charge in [0.2, 0.25) is 10.0 Å². The molecular formula is C12H21N3O4S. The fourth-order valence-electron chi connectivity index (χ4n) is 1.73. The molecule has 0 fully saturated rings. The Morgan fingerprint density at radius 3 is 2.70 bits per heavy atom. The third-order valence-electron chi connectivity index (χ3n) is 2.63. The number of hydrogen-bond donors (Lipinski definition) is 2. The number of primary sulfonamides is 1. The van der Waals surface area contributed by atoms with Crippen molar-refractivity contribution in [2.24, 2.45) is 5.14 Å². The summed E-state index contributed by atoms with van der Waals surface area (Å²) < 4.78 is 29.4. The molecule has 0 aliphatic rings. The van der Waals surface area contributed by atoms with E-state index in [1.54, 1.807) is 4.57 Å². The number of nitrogens with zero attached hydrogens (tertiary/aromatic N) is 1. The van der Waals surface area contributed by atoms with Gasteiger partial charge in [0, 0.05) is 25.9 Å². The quantitative estimate of drug-likeness (QED) is 0.675. The van der Waals surface area contributed by atoms with E-state index in [1.807, 2.05) is 13.8 Å². The third-order valence-corrected chi connectivity index (χ3v) is 3.51. The van der Waals surface area contributed by atoms with E-state index < -0.39 is 10.0 Å². The highest BCUT2D eigenvalue weighted by molar-refractivity contribution is 7.89. The van der Waals surface area contributed by atoms with Crippen LogP contribution in [0.4, 0.5) is 0 Å². The monoisotopic (exact) mass is 303 g/mol. The summed E-state index contributed by atoms with van der Waals surface area (Å²) >= 11 is 0. The molecule has 1 aromatic heterocycles. The van der Waals surface area contributed by atoms with Crippen molar-refractivity contribution in [1.29, 1.82) is 0 Å². The van der Waals surface area contributed by atoms with E-state index in [9.17, 15) is 13.2 Å². The molecular weight excluding hydrogens is 282 g/mol. The van der Waals surface area contributed by atoms with Gasteiger partial charge in [0.15, 0.2) is 0 Å². The highest BCUT2D eigenvalue weighted by Crippen LogP contribution is 2.13. The van der Waals surface area contributed by atoms with Crippen molar-refractivity contribution >= 4 is 15.9 Å². The Morgan fingerprint density at radius 1 is 1.45 bits per heavy atom. The summed E-state index contributed by atoms with van der Waals surface area (Å²) in [5.41, 5.74) is 0.285. The number of ether oxygens (including phenoxy) is 1. The topological polar surface area (TPSA) is 103 Å². The average molecular weight is 303 g/mol. The maximum Gasteiger partial charge on any atom is 0.268 e. The zero-order chi connectivity index (χ0) is 15.2. The van der Waals surface area contributed by atoms with Crippen LogP contribution in [0.15, 0.2) is 17.2 Å². The molecule has 114 valence electrons. The highest BCUT2D eigenvalue weighted by Gasteiger charge is 2.18. The van der Waals surface area contributed by atoms with Crippen LogP contribution in [0.3, 0.4) is 0 Å². The molecule has 0 unspecified atom stereocenters. The van der Waals surface area contributed by atoms with Crippen LogP contribution in [0.2, 0.25) is 0 Å². The lowest BCUT2D eigenvalue weighted by atomic mass is 10.3. The fraction of sp³-hybridized carbons (Fsp3) is 0.583. The largest absolute Gasteiger partial charge is 0.380 e. The predicted octanol–water partition coefficient (Wildman–Crippen LogP) is 0.312. The minimum absolute atomic E-state index is 0.0547. The number of rotatable bonds is 8. The maximum atomic E-state index is 12.0. The number of nitrogens with one attached hydrogen (secondary N) is 1. The second kappa shape index (κ2) is 7.41. The molecule has 7 nitrogen and oxygen atoms in total. The minimum atomic E-state index is -3.81. The van der Waals surface area contributed by atoms with Crippen molar-refractivity contribution in [2.45, 2.75) is 31.7 Å². The molecule has 0 aromatic carbocycles. The number of nitrogens with two attached hydrogens (primary N) is 1. The van der Waals surface area contributed by atoms with Gasteiger partial charge in [-0.05, 0) is 19.4 Å².